The zero-order chi connectivity index (χ0) is 13.8. The lowest BCUT2D eigenvalue weighted by Gasteiger charge is -2.23. The first-order valence-electron chi connectivity index (χ1n) is 6.71. The average molecular weight is 263 g/mol. The second-order valence-corrected chi connectivity index (χ2v) is 4.88. The minimum atomic E-state index is 0.257. The Labute approximate surface area is 113 Å². The van der Waals surface area contributed by atoms with E-state index < -0.39 is 0 Å². The number of amidine groups is 1. The molecular formula is C13H21N5O. The highest BCUT2D eigenvalue weighted by Crippen LogP contribution is 2.31. The van der Waals surface area contributed by atoms with Gasteiger partial charge < -0.3 is 15.8 Å². The summed E-state index contributed by atoms with van der Waals surface area (Å²) in [7, 11) is 0. The minimum Gasteiger partial charge on any atom is -0.409 e. The first-order valence-corrected chi connectivity index (χ1v) is 6.71. The third kappa shape index (κ3) is 3.56. The van der Waals surface area contributed by atoms with E-state index in [2.05, 4.69) is 26.9 Å². The molecular weight excluding hydrogens is 242 g/mol. The predicted molar refractivity (Wildman–Crippen MR) is 74.5 cm³/mol. The fourth-order valence-electron chi connectivity index (χ4n) is 2.10. The van der Waals surface area contributed by atoms with Gasteiger partial charge in [0.05, 0.1) is 0 Å². The van der Waals surface area contributed by atoms with E-state index in [0.717, 1.165) is 30.3 Å². The molecule has 1 aromatic heterocycles. The Morgan fingerprint density at radius 3 is 2.84 bits per heavy atom. The molecule has 0 amide bonds. The van der Waals surface area contributed by atoms with Crippen molar-refractivity contribution in [3.05, 3.63) is 17.6 Å². The lowest BCUT2D eigenvalue weighted by atomic mass is 10.2. The topological polar surface area (TPSA) is 87.6 Å². The molecule has 2 rings (SSSR count). The Balaban J connectivity index is 2.16. The summed E-state index contributed by atoms with van der Waals surface area (Å²) < 4.78 is 0. The van der Waals surface area contributed by atoms with Crippen LogP contribution in [0.25, 0.3) is 0 Å². The second-order valence-electron chi connectivity index (χ2n) is 4.88. The lowest BCUT2D eigenvalue weighted by Crippen LogP contribution is -2.31. The van der Waals surface area contributed by atoms with E-state index in [1.165, 1.54) is 12.8 Å². The van der Waals surface area contributed by atoms with Crippen LogP contribution < -0.4 is 10.6 Å². The van der Waals surface area contributed by atoms with Crippen LogP contribution in [0.15, 0.2) is 11.2 Å². The summed E-state index contributed by atoms with van der Waals surface area (Å²) in [4.78, 5) is 11.2. The van der Waals surface area contributed by atoms with Gasteiger partial charge in [0.25, 0.3) is 0 Å². The van der Waals surface area contributed by atoms with Gasteiger partial charge in [-0.15, -0.1) is 0 Å². The standard InChI is InChI=1S/C13H21N5O/c1-3-10-8-13(16-9(2)15-10)18(11-4-5-11)7-6-12(14)17-19/h8,11,19H,3-7H2,1-2H3,(H2,14,17). The zero-order valence-corrected chi connectivity index (χ0v) is 11.5. The lowest BCUT2D eigenvalue weighted by molar-refractivity contribution is 0.317. The molecule has 1 heterocycles. The molecule has 0 aliphatic heterocycles. The van der Waals surface area contributed by atoms with Crippen LogP contribution in [0.4, 0.5) is 5.82 Å². The first kappa shape index (κ1) is 13.6. The Kier molecular flexibility index (Phi) is 4.19. The first-order chi connectivity index (χ1) is 9.13. The fourth-order valence-corrected chi connectivity index (χ4v) is 2.10. The number of aromatic nitrogens is 2. The SMILES string of the molecule is CCc1cc(N(CCC(N)=NO)C2CC2)nc(C)n1. The zero-order valence-electron chi connectivity index (χ0n) is 11.5. The molecule has 0 atom stereocenters. The average Bonchev–Trinajstić information content (AvgIpc) is 3.22. The molecule has 1 aromatic rings. The molecule has 3 N–H and O–H groups in total. The third-order valence-corrected chi connectivity index (χ3v) is 3.26. The molecule has 1 aliphatic carbocycles. The number of anilines is 1. The number of oxime groups is 1. The van der Waals surface area contributed by atoms with Gasteiger partial charge in [0.15, 0.2) is 0 Å². The van der Waals surface area contributed by atoms with E-state index in [4.69, 9.17) is 10.9 Å². The van der Waals surface area contributed by atoms with Crippen LogP contribution in [0.1, 0.15) is 37.7 Å². The molecule has 104 valence electrons. The van der Waals surface area contributed by atoms with Gasteiger partial charge in [0, 0.05) is 30.8 Å². The minimum absolute atomic E-state index is 0.257. The summed E-state index contributed by atoms with van der Waals surface area (Å²) in [5.74, 6) is 2.01. The van der Waals surface area contributed by atoms with Gasteiger partial charge in [-0.25, -0.2) is 9.97 Å². The van der Waals surface area contributed by atoms with Crippen molar-refractivity contribution in [2.45, 2.75) is 45.6 Å². The Hall–Kier alpha value is -1.85. The molecule has 0 radical (unpaired) electrons. The van der Waals surface area contributed by atoms with Crippen LogP contribution in [0.5, 0.6) is 0 Å². The maximum Gasteiger partial charge on any atom is 0.140 e. The number of nitrogens with two attached hydrogens (primary N) is 1. The van der Waals surface area contributed by atoms with Crippen molar-refractivity contribution < 1.29 is 5.21 Å². The maximum absolute atomic E-state index is 8.62. The van der Waals surface area contributed by atoms with E-state index in [1.54, 1.807) is 0 Å². The Morgan fingerprint density at radius 1 is 1.53 bits per heavy atom. The van der Waals surface area contributed by atoms with Crippen LogP contribution in [0.2, 0.25) is 0 Å². The molecule has 0 bridgehead atoms. The summed E-state index contributed by atoms with van der Waals surface area (Å²) >= 11 is 0. The highest BCUT2D eigenvalue weighted by molar-refractivity contribution is 5.80. The molecule has 0 saturated heterocycles. The molecule has 0 spiro atoms. The number of hydrogen-bond donors (Lipinski definition) is 2. The van der Waals surface area contributed by atoms with Crippen molar-refractivity contribution in [1.82, 2.24) is 9.97 Å². The summed E-state index contributed by atoms with van der Waals surface area (Å²) in [6.45, 7) is 4.72. The van der Waals surface area contributed by atoms with E-state index >= 15 is 0 Å². The molecule has 1 saturated carbocycles. The number of aryl methyl sites for hydroxylation is 2. The number of nitrogens with zero attached hydrogens (tertiary/aromatic N) is 4. The highest BCUT2D eigenvalue weighted by atomic mass is 16.4. The van der Waals surface area contributed by atoms with Gasteiger partial charge in [-0.1, -0.05) is 12.1 Å². The van der Waals surface area contributed by atoms with Crippen LogP contribution in [-0.4, -0.2) is 33.6 Å². The Bertz CT molecular complexity index is 470. The smallest absolute Gasteiger partial charge is 0.140 e. The number of hydrogen-bond acceptors (Lipinski definition) is 5. The van der Waals surface area contributed by atoms with Gasteiger partial charge in [0.1, 0.15) is 17.5 Å². The molecule has 6 heteroatoms. The monoisotopic (exact) mass is 263 g/mol. The fraction of sp³-hybridized carbons (Fsp3) is 0.615. The summed E-state index contributed by atoms with van der Waals surface area (Å²) in [6, 6.07) is 2.57. The molecule has 6 nitrogen and oxygen atoms in total. The summed E-state index contributed by atoms with van der Waals surface area (Å²) in [5, 5.41) is 11.6. The van der Waals surface area contributed by atoms with Crippen molar-refractivity contribution >= 4 is 11.7 Å². The molecule has 0 unspecified atom stereocenters. The second kappa shape index (κ2) is 5.86. The third-order valence-electron chi connectivity index (χ3n) is 3.26. The van der Waals surface area contributed by atoms with Gasteiger partial charge in [0.2, 0.25) is 0 Å². The van der Waals surface area contributed by atoms with Gasteiger partial charge >= 0.3 is 0 Å². The molecule has 1 aliphatic rings. The van der Waals surface area contributed by atoms with E-state index in [0.29, 0.717) is 12.5 Å². The van der Waals surface area contributed by atoms with Gasteiger partial charge in [-0.2, -0.15) is 0 Å². The van der Waals surface area contributed by atoms with Crippen LogP contribution >= 0.6 is 0 Å². The van der Waals surface area contributed by atoms with E-state index in [1.807, 2.05) is 13.0 Å². The largest absolute Gasteiger partial charge is 0.409 e. The van der Waals surface area contributed by atoms with Gasteiger partial charge in [-0.05, 0) is 26.2 Å². The summed E-state index contributed by atoms with van der Waals surface area (Å²) in [5.41, 5.74) is 6.60. The Morgan fingerprint density at radius 2 is 2.26 bits per heavy atom. The van der Waals surface area contributed by atoms with E-state index in [-0.39, 0.29) is 5.84 Å². The van der Waals surface area contributed by atoms with Gasteiger partial charge in [-0.3, -0.25) is 0 Å². The van der Waals surface area contributed by atoms with Crippen molar-refractivity contribution in [3.8, 4) is 0 Å². The molecule has 1 fully saturated rings. The molecule has 0 aromatic carbocycles. The summed E-state index contributed by atoms with van der Waals surface area (Å²) in [6.07, 6.45) is 3.80. The normalized spacial score (nSPS) is 15.6. The van der Waals surface area contributed by atoms with Crippen LogP contribution in [0, 0.1) is 6.92 Å². The highest BCUT2D eigenvalue weighted by Gasteiger charge is 2.30. The van der Waals surface area contributed by atoms with E-state index in [9.17, 15) is 0 Å². The van der Waals surface area contributed by atoms with Crippen LogP contribution in [0.3, 0.4) is 0 Å². The van der Waals surface area contributed by atoms with Crippen LogP contribution in [-0.2, 0) is 6.42 Å². The van der Waals surface area contributed by atoms with Crippen molar-refractivity contribution in [2.75, 3.05) is 11.4 Å². The molecule has 19 heavy (non-hydrogen) atoms. The van der Waals surface area contributed by atoms with Crippen molar-refractivity contribution in [3.63, 3.8) is 0 Å². The van der Waals surface area contributed by atoms with Crippen molar-refractivity contribution in [2.24, 2.45) is 10.9 Å². The predicted octanol–water partition coefficient (Wildman–Crippen LogP) is 1.45. The quantitative estimate of drug-likeness (QED) is 0.351. The number of rotatable bonds is 6. The maximum atomic E-state index is 8.62. The van der Waals surface area contributed by atoms with Crippen molar-refractivity contribution in [1.29, 1.82) is 0 Å².